The van der Waals surface area contributed by atoms with E-state index in [9.17, 15) is 0 Å². The molecule has 2 aliphatic heterocycles. The number of rotatable bonds is 5. The van der Waals surface area contributed by atoms with E-state index >= 15 is 0 Å². The summed E-state index contributed by atoms with van der Waals surface area (Å²) < 4.78 is 0. The van der Waals surface area contributed by atoms with Crippen molar-refractivity contribution in [2.75, 3.05) is 19.6 Å². The molecule has 3 heteroatoms. The van der Waals surface area contributed by atoms with Crippen LogP contribution in [0.4, 0.5) is 0 Å². The first-order valence-electron chi connectivity index (χ1n) is 8.76. The number of hydrogen-bond donors (Lipinski definition) is 1. The van der Waals surface area contributed by atoms with E-state index in [1.165, 1.54) is 48.1 Å². The molecule has 0 spiro atoms. The first kappa shape index (κ1) is 15.4. The molecule has 1 fully saturated rings. The summed E-state index contributed by atoms with van der Waals surface area (Å²) in [7, 11) is 0. The van der Waals surface area contributed by atoms with Crippen molar-refractivity contribution in [1.82, 2.24) is 5.32 Å². The molecule has 0 unspecified atom stereocenters. The quantitative estimate of drug-likeness (QED) is 0.888. The minimum atomic E-state index is 0.632. The molecule has 2 aliphatic rings. The summed E-state index contributed by atoms with van der Waals surface area (Å²) >= 11 is 0. The molecule has 0 amide bonds. The van der Waals surface area contributed by atoms with Gasteiger partial charge in [-0.2, -0.15) is 0 Å². The maximum atomic E-state index is 4.87. The molecule has 2 heterocycles. The molecule has 22 heavy (non-hydrogen) atoms. The lowest BCUT2D eigenvalue weighted by Crippen LogP contribution is -2.32. The van der Waals surface area contributed by atoms with Crippen LogP contribution in [0.25, 0.3) is 0 Å². The maximum absolute atomic E-state index is 4.87. The second-order valence-electron chi connectivity index (χ2n) is 6.35. The standard InChI is InChI=1S/C19H27N3/c1-3-5-15-6-7-17(12-14(15)4-2)19-21-13-18(22-19)16-8-10-20-11-9-16/h6-7,12,16,20H,3-5,8-11,13H2,1-2H3. The number of hydrogen-bond acceptors (Lipinski definition) is 3. The molecule has 1 N–H and O–H groups in total. The van der Waals surface area contributed by atoms with E-state index in [4.69, 9.17) is 9.98 Å². The van der Waals surface area contributed by atoms with Crippen molar-refractivity contribution in [1.29, 1.82) is 0 Å². The van der Waals surface area contributed by atoms with Gasteiger partial charge in [-0.1, -0.05) is 32.4 Å². The SMILES string of the molecule is CCCc1ccc(C2=NCC(C3CCNCC3)=N2)cc1CC. The zero-order chi connectivity index (χ0) is 15.4. The number of aliphatic imine (C=N–C) groups is 2. The number of amidine groups is 1. The van der Waals surface area contributed by atoms with Crippen LogP contribution in [0.15, 0.2) is 28.2 Å². The van der Waals surface area contributed by atoms with E-state index in [0.717, 1.165) is 31.9 Å². The van der Waals surface area contributed by atoms with Crippen molar-refractivity contribution in [3.8, 4) is 0 Å². The summed E-state index contributed by atoms with van der Waals surface area (Å²) in [5.41, 5.74) is 5.43. The molecule has 0 aromatic heterocycles. The molecule has 0 aliphatic carbocycles. The molecular formula is C19H27N3. The highest BCUT2D eigenvalue weighted by molar-refractivity contribution is 6.12. The third kappa shape index (κ3) is 3.30. The van der Waals surface area contributed by atoms with Crippen LogP contribution in [-0.2, 0) is 12.8 Å². The number of piperidine rings is 1. The molecule has 1 aromatic carbocycles. The Hall–Kier alpha value is -1.48. The van der Waals surface area contributed by atoms with Gasteiger partial charge in [0, 0.05) is 17.2 Å². The van der Waals surface area contributed by atoms with Crippen LogP contribution in [0.5, 0.6) is 0 Å². The van der Waals surface area contributed by atoms with Gasteiger partial charge in [-0.15, -0.1) is 0 Å². The van der Waals surface area contributed by atoms with Crippen LogP contribution in [0.2, 0.25) is 0 Å². The predicted octanol–water partition coefficient (Wildman–Crippen LogP) is 3.40. The Labute approximate surface area is 134 Å². The van der Waals surface area contributed by atoms with Crippen molar-refractivity contribution in [3.05, 3.63) is 34.9 Å². The second kappa shape index (κ2) is 7.19. The van der Waals surface area contributed by atoms with E-state index in [0.29, 0.717) is 5.92 Å². The van der Waals surface area contributed by atoms with Gasteiger partial charge in [-0.25, -0.2) is 4.99 Å². The fourth-order valence-electron chi connectivity index (χ4n) is 3.50. The molecule has 1 saturated heterocycles. The average Bonchev–Trinajstić information content (AvgIpc) is 3.06. The highest BCUT2D eigenvalue weighted by atomic mass is 15.0. The average molecular weight is 297 g/mol. The van der Waals surface area contributed by atoms with Gasteiger partial charge >= 0.3 is 0 Å². The lowest BCUT2D eigenvalue weighted by atomic mass is 9.93. The van der Waals surface area contributed by atoms with E-state index in [1.807, 2.05) is 0 Å². The van der Waals surface area contributed by atoms with Crippen LogP contribution in [0.1, 0.15) is 49.8 Å². The van der Waals surface area contributed by atoms with Crippen molar-refractivity contribution in [2.24, 2.45) is 15.9 Å². The lowest BCUT2D eigenvalue weighted by Gasteiger charge is -2.22. The number of nitrogens with zero attached hydrogens (tertiary/aromatic N) is 2. The van der Waals surface area contributed by atoms with Crippen LogP contribution in [0, 0.1) is 5.92 Å². The fourth-order valence-corrected chi connectivity index (χ4v) is 3.50. The van der Waals surface area contributed by atoms with Gasteiger partial charge in [0.15, 0.2) is 5.84 Å². The van der Waals surface area contributed by atoms with E-state index in [1.54, 1.807) is 0 Å². The third-order valence-corrected chi connectivity index (χ3v) is 4.82. The van der Waals surface area contributed by atoms with Crippen LogP contribution >= 0.6 is 0 Å². The molecule has 3 nitrogen and oxygen atoms in total. The topological polar surface area (TPSA) is 36.8 Å². The Morgan fingerprint density at radius 1 is 1.14 bits per heavy atom. The minimum Gasteiger partial charge on any atom is -0.317 e. The molecule has 0 saturated carbocycles. The maximum Gasteiger partial charge on any atom is 0.154 e. The van der Waals surface area contributed by atoms with E-state index < -0.39 is 0 Å². The van der Waals surface area contributed by atoms with Gasteiger partial charge in [0.05, 0.1) is 6.54 Å². The largest absolute Gasteiger partial charge is 0.317 e. The van der Waals surface area contributed by atoms with Crippen molar-refractivity contribution in [2.45, 2.75) is 46.0 Å². The Balaban J connectivity index is 1.78. The van der Waals surface area contributed by atoms with Crippen LogP contribution in [0.3, 0.4) is 0 Å². The van der Waals surface area contributed by atoms with Gasteiger partial charge in [0.25, 0.3) is 0 Å². The molecular weight excluding hydrogens is 270 g/mol. The molecule has 0 atom stereocenters. The third-order valence-electron chi connectivity index (χ3n) is 4.82. The molecule has 1 aromatic rings. The summed E-state index contributed by atoms with van der Waals surface area (Å²) in [5, 5.41) is 3.42. The Morgan fingerprint density at radius 2 is 1.95 bits per heavy atom. The fraction of sp³-hybridized carbons (Fsp3) is 0.579. The predicted molar refractivity (Wildman–Crippen MR) is 94.2 cm³/mol. The summed E-state index contributed by atoms with van der Waals surface area (Å²) in [6, 6.07) is 6.79. The number of aryl methyl sites for hydroxylation is 2. The van der Waals surface area contributed by atoms with Gasteiger partial charge in [-0.3, -0.25) is 4.99 Å². The normalized spacial score (nSPS) is 19.2. The van der Waals surface area contributed by atoms with Crippen molar-refractivity contribution >= 4 is 11.5 Å². The molecule has 0 bridgehead atoms. The first-order chi connectivity index (χ1) is 10.8. The van der Waals surface area contributed by atoms with E-state index in [-0.39, 0.29) is 0 Å². The zero-order valence-electron chi connectivity index (χ0n) is 13.9. The number of nitrogens with one attached hydrogen (secondary N) is 1. The zero-order valence-corrected chi connectivity index (χ0v) is 13.9. The van der Waals surface area contributed by atoms with Gasteiger partial charge in [0.2, 0.25) is 0 Å². The summed E-state index contributed by atoms with van der Waals surface area (Å²) in [5.74, 6) is 1.58. The first-order valence-corrected chi connectivity index (χ1v) is 8.76. The molecule has 0 radical (unpaired) electrons. The molecule has 118 valence electrons. The Kier molecular flexibility index (Phi) is 5.04. The minimum absolute atomic E-state index is 0.632. The summed E-state index contributed by atoms with van der Waals surface area (Å²) in [6.45, 7) is 7.51. The van der Waals surface area contributed by atoms with Gasteiger partial charge in [-0.05, 0) is 56.0 Å². The van der Waals surface area contributed by atoms with Crippen molar-refractivity contribution in [3.63, 3.8) is 0 Å². The lowest BCUT2D eigenvalue weighted by molar-refractivity contribution is 0.455. The highest BCUT2D eigenvalue weighted by Gasteiger charge is 2.23. The van der Waals surface area contributed by atoms with Gasteiger partial charge < -0.3 is 5.32 Å². The summed E-state index contributed by atoms with van der Waals surface area (Å²) in [4.78, 5) is 9.58. The van der Waals surface area contributed by atoms with Crippen molar-refractivity contribution < 1.29 is 0 Å². The highest BCUT2D eigenvalue weighted by Crippen LogP contribution is 2.21. The van der Waals surface area contributed by atoms with Gasteiger partial charge in [0.1, 0.15) is 0 Å². The summed E-state index contributed by atoms with van der Waals surface area (Å²) in [6.07, 6.45) is 5.86. The molecule has 3 rings (SSSR count). The second-order valence-corrected chi connectivity index (χ2v) is 6.35. The van der Waals surface area contributed by atoms with Crippen LogP contribution < -0.4 is 5.32 Å². The smallest absolute Gasteiger partial charge is 0.154 e. The monoisotopic (exact) mass is 297 g/mol. The Morgan fingerprint density at radius 3 is 2.68 bits per heavy atom. The Bertz CT molecular complexity index is 580. The van der Waals surface area contributed by atoms with Crippen LogP contribution in [-0.4, -0.2) is 31.2 Å². The number of benzene rings is 1. The van der Waals surface area contributed by atoms with E-state index in [2.05, 4.69) is 37.4 Å².